The van der Waals surface area contributed by atoms with Crippen LogP contribution in [0.15, 0.2) is 65.5 Å². The summed E-state index contributed by atoms with van der Waals surface area (Å²) in [6.45, 7) is 4.41. The second-order valence-corrected chi connectivity index (χ2v) is 8.87. The molecule has 0 amide bonds. The predicted octanol–water partition coefficient (Wildman–Crippen LogP) is 5.56. The van der Waals surface area contributed by atoms with Gasteiger partial charge in [0.2, 0.25) is 0 Å². The minimum Gasteiger partial charge on any atom is -0.310 e. The lowest BCUT2D eigenvalue weighted by Crippen LogP contribution is -2.35. The lowest BCUT2D eigenvalue weighted by molar-refractivity contribution is 0.196. The third kappa shape index (κ3) is 4.57. The first kappa shape index (κ1) is 21.5. The Morgan fingerprint density at radius 2 is 1.97 bits per heavy atom. The van der Waals surface area contributed by atoms with Crippen molar-refractivity contribution < 1.29 is 8.78 Å². The number of aromatic amines is 1. The number of piperidine rings is 1. The van der Waals surface area contributed by atoms with Crippen LogP contribution in [-0.2, 0) is 6.54 Å². The molecule has 0 aliphatic carbocycles. The van der Waals surface area contributed by atoms with Crippen molar-refractivity contribution in [3.8, 4) is 11.1 Å². The van der Waals surface area contributed by atoms with E-state index in [4.69, 9.17) is 4.98 Å². The molecule has 1 aromatic heterocycles. The molecule has 4 aromatic rings. The Hall–Kier alpha value is -3.38. The smallest absolute Gasteiger partial charge is 0.258 e. The van der Waals surface area contributed by atoms with Gasteiger partial charge in [0.15, 0.2) is 0 Å². The van der Waals surface area contributed by atoms with Crippen molar-refractivity contribution in [1.29, 1.82) is 0 Å². The quantitative estimate of drug-likeness (QED) is 0.448. The number of likely N-dealkylation sites (tertiary alicyclic amines) is 1. The van der Waals surface area contributed by atoms with Crippen LogP contribution in [0, 0.1) is 18.6 Å². The van der Waals surface area contributed by atoms with E-state index in [-0.39, 0.29) is 11.5 Å². The number of fused-ring (bicyclic) bond motifs is 1. The van der Waals surface area contributed by atoms with Crippen LogP contribution < -0.4 is 5.56 Å². The number of aryl methyl sites for hydroxylation is 1. The average molecular weight is 446 g/mol. The van der Waals surface area contributed by atoms with Gasteiger partial charge in [0.1, 0.15) is 17.5 Å². The number of hydrogen-bond acceptors (Lipinski definition) is 3. The Morgan fingerprint density at radius 1 is 1.09 bits per heavy atom. The third-order valence-electron chi connectivity index (χ3n) is 6.35. The molecule has 2 heterocycles. The molecule has 1 saturated heterocycles. The van der Waals surface area contributed by atoms with E-state index in [0.29, 0.717) is 17.5 Å². The van der Waals surface area contributed by atoms with Gasteiger partial charge in [-0.15, -0.1) is 0 Å². The molecule has 1 aliphatic rings. The number of aromatic nitrogens is 2. The maximum atomic E-state index is 14.2. The molecule has 33 heavy (non-hydrogen) atoms. The highest BCUT2D eigenvalue weighted by atomic mass is 19.1. The largest absolute Gasteiger partial charge is 0.310 e. The Balaban J connectivity index is 1.35. The molecule has 0 spiro atoms. The molecule has 1 atom stereocenters. The van der Waals surface area contributed by atoms with Crippen LogP contribution in [0.2, 0.25) is 0 Å². The summed E-state index contributed by atoms with van der Waals surface area (Å²) in [5.41, 5.74) is 3.86. The fourth-order valence-corrected chi connectivity index (χ4v) is 4.71. The normalized spacial score (nSPS) is 16.9. The number of rotatable bonds is 4. The summed E-state index contributed by atoms with van der Waals surface area (Å²) in [5, 5.41) is 0.622. The summed E-state index contributed by atoms with van der Waals surface area (Å²) in [4.78, 5) is 22.7. The molecule has 5 rings (SSSR count). The topological polar surface area (TPSA) is 49.0 Å². The summed E-state index contributed by atoms with van der Waals surface area (Å²) in [5.74, 6) is -0.257. The Labute approximate surface area is 190 Å². The van der Waals surface area contributed by atoms with Crippen LogP contribution in [0.1, 0.15) is 35.7 Å². The van der Waals surface area contributed by atoms with Gasteiger partial charge < -0.3 is 4.98 Å². The first-order chi connectivity index (χ1) is 16.0. The van der Waals surface area contributed by atoms with Crippen molar-refractivity contribution in [1.82, 2.24) is 14.9 Å². The number of halogens is 2. The average Bonchev–Trinajstić information content (AvgIpc) is 2.80. The minimum absolute atomic E-state index is 0.0927. The van der Waals surface area contributed by atoms with Gasteiger partial charge in [0, 0.05) is 30.6 Å². The van der Waals surface area contributed by atoms with Crippen molar-refractivity contribution in [2.75, 3.05) is 13.1 Å². The summed E-state index contributed by atoms with van der Waals surface area (Å²) < 4.78 is 27.5. The van der Waals surface area contributed by atoms with Crippen LogP contribution >= 0.6 is 0 Å². The zero-order valence-corrected chi connectivity index (χ0v) is 18.4. The lowest BCUT2D eigenvalue weighted by Gasteiger charge is -2.32. The first-order valence-electron chi connectivity index (χ1n) is 11.2. The zero-order valence-electron chi connectivity index (χ0n) is 18.4. The Kier molecular flexibility index (Phi) is 5.77. The number of H-pyrrole nitrogens is 1. The number of nitrogens with zero attached hydrogens (tertiary/aromatic N) is 2. The SMILES string of the molecule is Cc1ccc2nc(C3CCCN(Cc4cccc(-c5ccc(F)cc5F)c4)C3)[nH]c(=O)c2c1. The van der Waals surface area contributed by atoms with E-state index in [1.807, 2.05) is 49.4 Å². The van der Waals surface area contributed by atoms with Gasteiger partial charge in [-0.1, -0.05) is 29.8 Å². The molecule has 0 bridgehead atoms. The highest BCUT2D eigenvalue weighted by Crippen LogP contribution is 2.28. The van der Waals surface area contributed by atoms with Crippen molar-refractivity contribution in [3.05, 3.63) is 99.6 Å². The Morgan fingerprint density at radius 3 is 2.82 bits per heavy atom. The van der Waals surface area contributed by atoms with Gasteiger partial charge in [0.05, 0.1) is 10.9 Å². The van der Waals surface area contributed by atoms with Gasteiger partial charge in [-0.05, 0) is 67.8 Å². The maximum absolute atomic E-state index is 14.2. The van der Waals surface area contributed by atoms with Gasteiger partial charge in [0.25, 0.3) is 5.56 Å². The van der Waals surface area contributed by atoms with Crippen LogP contribution in [-0.4, -0.2) is 28.0 Å². The summed E-state index contributed by atoms with van der Waals surface area (Å²) >= 11 is 0. The van der Waals surface area contributed by atoms with E-state index < -0.39 is 11.6 Å². The molecular weight excluding hydrogens is 420 g/mol. The molecule has 1 unspecified atom stereocenters. The molecule has 1 aliphatic heterocycles. The standard InChI is InChI=1S/C27H25F2N3O/c1-17-7-10-25-23(12-17)27(33)31-26(30-25)20-6-3-11-32(16-20)15-18-4-2-5-19(13-18)22-9-8-21(28)14-24(22)29/h2,4-5,7-10,12-14,20H,3,6,11,15-16H2,1H3,(H,30,31,33). The number of benzene rings is 3. The van der Waals surface area contributed by atoms with E-state index in [1.54, 1.807) is 0 Å². The molecule has 6 heteroatoms. The van der Waals surface area contributed by atoms with Crippen LogP contribution in [0.3, 0.4) is 0 Å². The second-order valence-electron chi connectivity index (χ2n) is 8.87. The van der Waals surface area contributed by atoms with E-state index >= 15 is 0 Å². The Bertz CT molecular complexity index is 1380. The highest BCUT2D eigenvalue weighted by Gasteiger charge is 2.24. The molecule has 4 nitrogen and oxygen atoms in total. The molecule has 1 fully saturated rings. The third-order valence-corrected chi connectivity index (χ3v) is 6.35. The number of hydrogen-bond donors (Lipinski definition) is 1. The predicted molar refractivity (Wildman–Crippen MR) is 126 cm³/mol. The summed E-state index contributed by atoms with van der Waals surface area (Å²) in [6, 6.07) is 17.1. The second kappa shape index (κ2) is 8.87. The first-order valence-corrected chi connectivity index (χ1v) is 11.2. The lowest BCUT2D eigenvalue weighted by atomic mass is 9.96. The molecule has 0 radical (unpaired) electrons. The monoisotopic (exact) mass is 445 g/mol. The van der Waals surface area contributed by atoms with Crippen LogP contribution in [0.4, 0.5) is 8.78 Å². The summed E-state index contributed by atoms with van der Waals surface area (Å²) in [7, 11) is 0. The van der Waals surface area contributed by atoms with Crippen molar-refractivity contribution >= 4 is 10.9 Å². The van der Waals surface area contributed by atoms with Gasteiger partial charge in [-0.25, -0.2) is 13.8 Å². The minimum atomic E-state index is -0.581. The summed E-state index contributed by atoms with van der Waals surface area (Å²) in [6.07, 6.45) is 1.98. The van der Waals surface area contributed by atoms with E-state index in [9.17, 15) is 13.6 Å². The highest BCUT2D eigenvalue weighted by molar-refractivity contribution is 5.78. The van der Waals surface area contributed by atoms with Gasteiger partial charge in [-0.2, -0.15) is 0 Å². The molecule has 0 saturated carbocycles. The molecule has 3 aromatic carbocycles. The number of nitrogens with one attached hydrogen (secondary N) is 1. The van der Waals surface area contributed by atoms with Crippen molar-refractivity contribution in [3.63, 3.8) is 0 Å². The van der Waals surface area contributed by atoms with Crippen LogP contribution in [0.5, 0.6) is 0 Å². The van der Waals surface area contributed by atoms with E-state index in [1.165, 1.54) is 12.1 Å². The fourth-order valence-electron chi connectivity index (χ4n) is 4.71. The maximum Gasteiger partial charge on any atom is 0.258 e. The van der Waals surface area contributed by atoms with E-state index in [2.05, 4.69) is 9.88 Å². The fraction of sp³-hybridized carbons (Fsp3) is 0.259. The van der Waals surface area contributed by atoms with Crippen LogP contribution in [0.25, 0.3) is 22.0 Å². The zero-order chi connectivity index (χ0) is 22.9. The molecule has 168 valence electrons. The van der Waals surface area contributed by atoms with Gasteiger partial charge >= 0.3 is 0 Å². The van der Waals surface area contributed by atoms with Crippen molar-refractivity contribution in [2.24, 2.45) is 0 Å². The van der Waals surface area contributed by atoms with Crippen molar-refractivity contribution in [2.45, 2.75) is 32.2 Å². The van der Waals surface area contributed by atoms with Gasteiger partial charge in [-0.3, -0.25) is 9.69 Å². The van der Waals surface area contributed by atoms with E-state index in [0.717, 1.165) is 60.0 Å². The molecule has 1 N–H and O–H groups in total. The molecular formula is C27H25F2N3O.